The number of aromatic amines is 1. The summed E-state index contributed by atoms with van der Waals surface area (Å²) in [5, 5.41) is 1.13. The van der Waals surface area contributed by atoms with Gasteiger partial charge in [-0.1, -0.05) is 18.2 Å². The molecule has 0 amide bonds. The Morgan fingerprint density at radius 3 is 3.00 bits per heavy atom. The molecule has 0 aliphatic heterocycles. The monoisotopic (exact) mass is 199 g/mol. The normalized spacial score (nSPS) is 10.7. The van der Waals surface area contributed by atoms with E-state index in [-0.39, 0.29) is 0 Å². The van der Waals surface area contributed by atoms with Crippen molar-refractivity contribution in [1.82, 2.24) is 14.7 Å². The number of hydrogen-bond acceptors (Lipinski definition) is 2. The van der Waals surface area contributed by atoms with Gasteiger partial charge in [0, 0.05) is 23.2 Å². The summed E-state index contributed by atoms with van der Waals surface area (Å²) in [5.74, 6) is 0.703. The van der Waals surface area contributed by atoms with E-state index in [1.807, 2.05) is 30.3 Å². The molecular weight excluding hydrogens is 190 g/mol. The molecule has 0 saturated heterocycles. The number of fused-ring (bicyclic) bond motifs is 1. The smallest absolute Gasteiger partial charge is 0.225 e. The van der Waals surface area contributed by atoms with Crippen LogP contribution in [-0.4, -0.2) is 14.7 Å². The first-order chi connectivity index (χ1) is 7.42. The molecule has 1 N–H and O–H groups in total. The topological polar surface area (TPSA) is 42.8 Å². The molecule has 0 bridgehead atoms. The number of imidazole rings is 1. The number of hydrogen-bond donors (Lipinski definition) is 1. The fourth-order valence-electron chi connectivity index (χ4n) is 1.51. The molecule has 2 aromatic heterocycles. The van der Waals surface area contributed by atoms with Crippen LogP contribution >= 0.6 is 0 Å². The Bertz CT molecular complexity index is 535. The predicted molar refractivity (Wildman–Crippen MR) is 56.6 cm³/mol. The Morgan fingerprint density at radius 1 is 1.27 bits per heavy atom. The quantitative estimate of drug-likeness (QED) is 0.687. The Morgan fingerprint density at radius 2 is 2.20 bits per heavy atom. The van der Waals surface area contributed by atoms with E-state index in [0.29, 0.717) is 5.88 Å². The molecule has 0 radical (unpaired) electrons. The molecule has 15 heavy (non-hydrogen) atoms. The second-order valence-electron chi connectivity index (χ2n) is 3.23. The van der Waals surface area contributed by atoms with E-state index in [1.165, 1.54) is 0 Å². The van der Waals surface area contributed by atoms with Gasteiger partial charge in [-0.3, -0.25) is 0 Å². The van der Waals surface area contributed by atoms with Crippen LogP contribution in [-0.2, 0) is 0 Å². The molecular formula is C11H9N3O. The number of nitrogens with one attached hydrogen (secondary N) is 1. The maximum atomic E-state index is 5.50. The summed E-state index contributed by atoms with van der Waals surface area (Å²) in [4.78, 5) is 12.6. The van der Waals surface area contributed by atoms with Crippen molar-refractivity contribution in [3.63, 3.8) is 0 Å². The Kier molecular flexibility index (Phi) is 1.71. The van der Waals surface area contributed by atoms with Crippen LogP contribution in [0.4, 0.5) is 0 Å². The minimum absolute atomic E-state index is 0.703. The number of nitrogens with zero attached hydrogens (tertiary/aromatic N) is 2. The molecule has 3 rings (SSSR count). The molecule has 0 saturated carbocycles. The lowest BCUT2D eigenvalue weighted by molar-refractivity contribution is 0.207. The van der Waals surface area contributed by atoms with Gasteiger partial charge in [0.25, 0.3) is 0 Å². The van der Waals surface area contributed by atoms with Gasteiger partial charge in [-0.05, 0) is 6.07 Å². The van der Waals surface area contributed by atoms with Gasteiger partial charge in [0.1, 0.15) is 6.33 Å². The summed E-state index contributed by atoms with van der Waals surface area (Å²) < 4.78 is 1.55. The van der Waals surface area contributed by atoms with Gasteiger partial charge in [-0.2, -0.15) is 4.73 Å². The maximum absolute atomic E-state index is 5.50. The molecule has 2 heterocycles. The zero-order valence-corrected chi connectivity index (χ0v) is 7.92. The summed E-state index contributed by atoms with van der Waals surface area (Å²) in [6.45, 7) is 0. The van der Waals surface area contributed by atoms with Crippen molar-refractivity contribution in [2.24, 2.45) is 0 Å². The molecule has 0 atom stereocenters. The third-order valence-corrected chi connectivity index (χ3v) is 2.19. The number of H-pyrrole nitrogens is 1. The summed E-state index contributed by atoms with van der Waals surface area (Å²) >= 11 is 0. The highest BCUT2D eigenvalue weighted by molar-refractivity contribution is 5.81. The van der Waals surface area contributed by atoms with Crippen molar-refractivity contribution in [2.75, 3.05) is 0 Å². The average molecular weight is 199 g/mol. The third-order valence-electron chi connectivity index (χ3n) is 2.19. The first-order valence-corrected chi connectivity index (χ1v) is 4.66. The average Bonchev–Trinajstić information content (AvgIpc) is 2.86. The Labute approximate surface area is 86.1 Å². The van der Waals surface area contributed by atoms with Crippen molar-refractivity contribution in [3.8, 4) is 5.88 Å². The molecule has 4 heteroatoms. The van der Waals surface area contributed by atoms with E-state index >= 15 is 0 Å². The van der Waals surface area contributed by atoms with E-state index in [4.69, 9.17) is 4.84 Å². The van der Waals surface area contributed by atoms with Gasteiger partial charge in [0.15, 0.2) is 0 Å². The minimum atomic E-state index is 0.703. The molecule has 74 valence electrons. The highest BCUT2D eigenvalue weighted by Gasteiger charge is 2.01. The summed E-state index contributed by atoms with van der Waals surface area (Å²) in [6, 6.07) is 9.98. The van der Waals surface area contributed by atoms with Crippen LogP contribution in [0.5, 0.6) is 5.88 Å². The first kappa shape index (κ1) is 8.11. The second-order valence-corrected chi connectivity index (χ2v) is 3.23. The van der Waals surface area contributed by atoms with Crippen LogP contribution < -0.4 is 4.84 Å². The van der Waals surface area contributed by atoms with Gasteiger partial charge in [-0.25, -0.2) is 4.98 Å². The van der Waals surface area contributed by atoms with Crippen LogP contribution in [0.1, 0.15) is 0 Å². The van der Waals surface area contributed by atoms with E-state index in [9.17, 15) is 0 Å². The SMILES string of the molecule is c1ccc2[nH]c(On3ccnc3)cc2c1. The zero-order chi connectivity index (χ0) is 10.1. The molecule has 0 spiro atoms. The van der Waals surface area contributed by atoms with Crippen molar-refractivity contribution >= 4 is 10.9 Å². The summed E-state index contributed by atoms with van der Waals surface area (Å²) in [5.41, 5.74) is 1.06. The Balaban J connectivity index is 1.98. The van der Waals surface area contributed by atoms with Gasteiger partial charge in [0.2, 0.25) is 5.88 Å². The highest BCUT2D eigenvalue weighted by Crippen LogP contribution is 2.19. The number of aromatic nitrogens is 3. The second kappa shape index (κ2) is 3.16. The van der Waals surface area contributed by atoms with E-state index < -0.39 is 0 Å². The van der Waals surface area contributed by atoms with Crippen molar-refractivity contribution in [3.05, 3.63) is 49.1 Å². The summed E-state index contributed by atoms with van der Waals surface area (Å²) in [7, 11) is 0. The molecule has 0 fully saturated rings. The fourth-order valence-corrected chi connectivity index (χ4v) is 1.51. The van der Waals surface area contributed by atoms with Crippen LogP contribution in [0.25, 0.3) is 10.9 Å². The van der Waals surface area contributed by atoms with E-state index in [0.717, 1.165) is 10.9 Å². The lowest BCUT2D eigenvalue weighted by Crippen LogP contribution is -2.01. The zero-order valence-electron chi connectivity index (χ0n) is 7.92. The van der Waals surface area contributed by atoms with Crippen LogP contribution in [0.2, 0.25) is 0 Å². The number of rotatable bonds is 2. The lowest BCUT2D eigenvalue weighted by Gasteiger charge is -2.00. The van der Waals surface area contributed by atoms with E-state index in [2.05, 4.69) is 9.97 Å². The van der Waals surface area contributed by atoms with Gasteiger partial charge in [-0.15, -0.1) is 0 Å². The van der Waals surface area contributed by atoms with Crippen molar-refractivity contribution < 1.29 is 4.84 Å². The highest BCUT2D eigenvalue weighted by atomic mass is 16.7. The number of benzene rings is 1. The fraction of sp³-hybridized carbons (Fsp3) is 0. The standard InChI is InChI=1S/C11H9N3O/c1-2-4-10-9(3-1)7-11(13-10)15-14-6-5-12-8-14/h1-8,13H. The Hall–Kier alpha value is -2.23. The molecule has 3 aromatic rings. The minimum Gasteiger partial charge on any atom is -0.356 e. The van der Waals surface area contributed by atoms with E-state index in [1.54, 1.807) is 23.5 Å². The van der Waals surface area contributed by atoms with Crippen molar-refractivity contribution in [1.29, 1.82) is 0 Å². The lowest BCUT2D eigenvalue weighted by atomic mass is 10.3. The maximum Gasteiger partial charge on any atom is 0.225 e. The molecule has 1 aromatic carbocycles. The van der Waals surface area contributed by atoms with Crippen LogP contribution in [0, 0.1) is 0 Å². The number of para-hydroxylation sites is 1. The third kappa shape index (κ3) is 1.46. The van der Waals surface area contributed by atoms with Crippen LogP contribution in [0.3, 0.4) is 0 Å². The predicted octanol–water partition coefficient (Wildman–Crippen LogP) is 2.21. The molecule has 0 unspecified atom stereocenters. The van der Waals surface area contributed by atoms with Gasteiger partial charge < -0.3 is 9.82 Å². The van der Waals surface area contributed by atoms with Gasteiger partial charge >= 0.3 is 0 Å². The van der Waals surface area contributed by atoms with Crippen molar-refractivity contribution in [2.45, 2.75) is 0 Å². The molecule has 4 nitrogen and oxygen atoms in total. The van der Waals surface area contributed by atoms with Gasteiger partial charge in [0.05, 0.1) is 6.20 Å². The first-order valence-electron chi connectivity index (χ1n) is 4.66. The molecule has 0 aliphatic rings. The molecule has 0 aliphatic carbocycles. The largest absolute Gasteiger partial charge is 0.356 e. The van der Waals surface area contributed by atoms with Crippen LogP contribution in [0.15, 0.2) is 49.1 Å². The summed E-state index contributed by atoms with van der Waals surface area (Å²) in [6.07, 6.45) is 5.01.